The van der Waals surface area contributed by atoms with Crippen LogP contribution in [0.3, 0.4) is 0 Å². The highest BCUT2D eigenvalue weighted by molar-refractivity contribution is 5.27. The van der Waals surface area contributed by atoms with Gasteiger partial charge in [0.25, 0.3) is 0 Å². The Morgan fingerprint density at radius 2 is 2.00 bits per heavy atom. The summed E-state index contributed by atoms with van der Waals surface area (Å²) in [6.07, 6.45) is -1.67. The van der Waals surface area contributed by atoms with E-state index in [2.05, 4.69) is 10.3 Å². The van der Waals surface area contributed by atoms with Crippen LogP contribution in [-0.4, -0.2) is 15.0 Å². The van der Waals surface area contributed by atoms with Crippen molar-refractivity contribution < 1.29 is 17.6 Å². The van der Waals surface area contributed by atoms with E-state index < -0.39 is 17.6 Å². The first kappa shape index (κ1) is 11.6. The third kappa shape index (κ3) is 2.61. The molecule has 0 aliphatic carbocycles. The quantitative estimate of drug-likeness (QED) is 0.761. The Kier molecular flexibility index (Phi) is 2.83. The minimum atomic E-state index is -4.48. The Balaban J connectivity index is 2.33. The summed E-state index contributed by atoms with van der Waals surface area (Å²) in [5.41, 5.74) is -0.959. The van der Waals surface area contributed by atoms with Gasteiger partial charge in [0.2, 0.25) is 0 Å². The molecule has 0 fully saturated rings. The molecule has 0 amide bonds. The molecule has 0 aliphatic heterocycles. The number of hydrogen-bond donors (Lipinski definition) is 0. The van der Waals surface area contributed by atoms with Crippen LogP contribution in [0.5, 0.6) is 0 Å². The van der Waals surface area contributed by atoms with Crippen LogP contribution >= 0.6 is 0 Å². The van der Waals surface area contributed by atoms with Crippen LogP contribution < -0.4 is 0 Å². The lowest BCUT2D eigenvalue weighted by Gasteiger charge is -2.09. The highest BCUT2D eigenvalue weighted by Gasteiger charge is 2.31. The van der Waals surface area contributed by atoms with Crippen molar-refractivity contribution >= 4 is 0 Å². The van der Waals surface area contributed by atoms with Crippen LogP contribution in [0, 0.1) is 5.82 Å². The van der Waals surface area contributed by atoms with Crippen molar-refractivity contribution in [3.8, 4) is 0 Å². The summed E-state index contributed by atoms with van der Waals surface area (Å²) in [5.74, 6) is -0.700. The summed E-state index contributed by atoms with van der Waals surface area (Å²) in [7, 11) is 0. The van der Waals surface area contributed by atoms with Gasteiger partial charge in [-0.3, -0.25) is 0 Å². The van der Waals surface area contributed by atoms with E-state index >= 15 is 0 Å². The largest absolute Gasteiger partial charge is 0.416 e. The number of aromatic nitrogens is 3. The first-order valence-corrected chi connectivity index (χ1v) is 4.66. The van der Waals surface area contributed by atoms with Crippen LogP contribution in [0.4, 0.5) is 17.6 Å². The molecule has 1 heterocycles. The van der Waals surface area contributed by atoms with Crippen LogP contribution in [0.15, 0.2) is 30.6 Å². The highest BCUT2D eigenvalue weighted by Crippen LogP contribution is 2.30. The number of nitrogens with zero attached hydrogens (tertiary/aromatic N) is 3. The SMILES string of the molecule is Fc1ccc(C(F)(F)F)cc1Cn1ccnn1. The smallest absolute Gasteiger partial charge is 0.248 e. The lowest BCUT2D eigenvalue weighted by molar-refractivity contribution is -0.137. The molecule has 0 aliphatic rings. The van der Waals surface area contributed by atoms with E-state index in [1.807, 2.05) is 0 Å². The number of alkyl halides is 3. The molecular formula is C10H7F4N3. The van der Waals surface area contributed by atoms with Crippen molar-refractivity contribution in [1.82, 2.24) is 15.0 Å². The molecule has 2 rings (SSSR count). The predicted octanol–water partition coefficient (Wildman–Crippen LogP) is 2.48. The first-order valence-electron chi connectivity index (χ1n) is 4.66. The molecule has 7 heteroatoms. The van der Waals surface area contributed by atoms with Gasteiger partial charge in [0.05, 0.1) is 18.3 Å². The zero-order chi connectivity index (χ0) is 12.5. The summed E-state index contributed by atoms with van der Waals surface area (Å²) < 4.78 is 51.8. The Labute approximate surface area is 93.7 Å². The van der Waals surface area contributed by atoms with Gasteiger partial charge in [-0.1, -0.05) is 5.21 Å². The molecule has 0 N–H and O–H groups in total. The van der Waals surface area contributed by atoms with Crippen LogP contribution in [0.2, 0.25) is 0 Å². The summed E-state index contributed by atoms with van der Waals surface area (Å²) in [6, 6.07) is 2.28. The fraction of sp³-hybridized carbons (Fsp3) is 0.200. The Morgan fingerprint density at radius 1 is 1.24 bits per heavy atom. The molecule has 1 aromatic carbocycles. The van der Waals surface area contributed by atoms with E-state index in [1.165, 1.54) is 17.1 Å². The third-order valence-electron chi connectivity index (χ3n) is 2.18. The average molecular weight is 245 g/mol. The van der Waals surface area contributed by atoms with Crippen molar-refractivity contribution in [2.75, 3.05) is 0 Å². The number of hydrogen-bond acceptors (Lipinski definition) is 2. The van der Waals surface area contributed by atoms with Crippen molar-refractivity contribution in [2.45, 2.75) is 12.7 Å². The second-order valence-electron chi connectivity index (χ2n) is 3.40. The third-order valence-corrected chi connectivity index (χ3v) is 2.18. The molecule has 17 heavy (non-hydrogen) atoms. The molecule has 90 valence electrons. The van der Waals surface area contributed by atoms with Crippen molar-refractivity contribution in [3.63, 3.8) is 0 Å². The van der Waals surface area contributed by atoms with Crippen molar-refractivity contribution in [2.24, 2.45) is 0 Å². The fourth-order valence-corrected chi connectivity index (χ4v) is 1.36. The molecule has 0 radical (unpaired) electrons. The molecule has 0 saturated heterocycles. The van der Waals surface area contributed by atoms with Crippen LogP contribution in [0.1, 0.15) is 11.1 Å². The minimum absolute atomic E-state index is 0.0784. The molecular weight excluding hydrogens is 238 g/mol. The Bertz CT molecular complexity index is 505. The Morgan fingerprint density at radius 3 is 2.59 bits per heavy atom. The number of halogens is 4. The highest BCUT2D eigenvalue weighted by atomic mass is 19.4. The maximum atomic E-state index is 13.3. The second kappa shape index (κ2) is 4.15. The second-order valence-corrected chi connectivity index (χ2v) is 3.40. The summed E-state index contributed by atoms with van der Waals surface area (Å²) >= 11 is 0. The molecule has 0 unspecified atom stereocenters. The van der Waals surface area contributed by atoms with Gasteiger partial charge in [0.1, 0.15) is 5.82 Å². The molecule has 0 saturated carbocycles. The van der Waals surface area contributed by atoms with Gasteiger partial charge in [-0.05, 0) is 18.2 Å². The van der Waals surface area contributed by atoms with E-state index in [0.717, 1.165) is 12.1 Å². The maximum absolute atomic E-state index is 13.3. The van der Waals surface area contributed by atoms with Gasteiger partial charge in [-0.2, -0.15) is 13.2 Å². The summed E-state index contributed by atoms with van der Waals surface area (Å²) in [5, 5.41) is 7.05. The standard InChI is InChI=1S/C10H7F4N3/c11-9-2-1-8(10(12,13)14)5-7(9)6-17-4-3-15-16-17/h1-5H,6H2. The molecule has 1 aromatic heterocycles. The normalized spacial score (nSPS) is 11.8. The lowest BCUT2D eigenvalue weighted by atomic mass is 10.1. The predicted molar refractivity (Wildman–Crippen MR) is 50.5 cm³/mol. The van der Waals surface area contributed by atoms with Gasteiger partial charge in [-0.15, -0.1) is 5.10 Å². The van der Waals surface area contributed by atoms with Gasteiger partial charge in [-0.25, -0.2) is 9.07 Å². The zero-order valence-electron chi connectivity index (χ0n) is 8.45. The molecule has 3 nitrogen and oxygen atoms in total. The van der Waals surface area contributed by atoms with Crippen molar-refractivity contribution in [1.29, 1.82) is 0 Å². The van der Waals surface area contributed by atoms with Crippen molar-refractivity contribution in [3.05, 3.63) is 47.5 Å². The Hall–Kier alpha value is -1.92. The molecule has 0 bridgehead atoms. The maximum Gasteiger partial charge on any atom is 0.416 e. The van der Waals surface area contributed by atoms with Gasteiger partial charge >= 0.3 is 6.18 Å². The van der Waals surface area contributed by atoms with E-state index in [-0.39, 0.29) is 12.1 Å². The van der Waals surface area contributed by atoms with Gasteiger partial charge in [0.15, 0.2) is 0 Å². The molecule has 0 atom stereocenters. The summed E-state index contributed by atoms with van der Waals surface area (Å²) in [6.45, 7) is -0.0875. The number of rotatable bonds is 2. The zero-order valence-corrected chi connectivity index (χ0v) is 8.45. The number of benzene rings is 1. The monoisotopic (exact) mass is 245 g/mol. The van der Waals surface area contributed by atoms with Gasteiger partial charge < -0.3 is 0 Å². The molecule has 0 spiro atoms. The van der Waals surface area contributed by atoms with Gasteiger partial charge in [0, 0.05) is 11.8 Å². The average Bonchev–Trinajstić information content (AvgIpc) is 2.72. The lowest BCUT2D eigenvalue weighted by Crippen LogP contribution is -2.09. The van der Waals surface area contributed by atoms with Crippen LogP contribution in [0.25, 0.3) is 0 Å². The van der Waals surface area contributed by atoms with E-state index in [0.29, 0.717) is 6.07 Å². The van der Waals surface area contributed by atoms with E-state index in [9.17, 15) is 17.6 Å². The van der Waals surface area contributed by atoms with Crippen LogP contribution in [-0.2, 0) is 12.7 Å². The van der Waals surface area contributed by atoms with E-state index in [4.69, 9.17) is 0 Å². The first-order chi connectivity index (χ1) is 7.97. The fourth-order valence-electron chi connectivity index (χ4n) is 1.36. The minimum Gasteiger partial charge on any atom is -0.248 e. The summed E-state index contributed by atoms with van der Waals surface area (Å²) in [4.78, 5) is 0. The van der Waals surface area contributed by atoms with E-state index in [1.54, 1.807) is 0 Å². The molecule has 2 aromatic rings. The topological polar surface area (TPSA) is 30.7 Å².